The second-order valence-corrected chi connectivity index (χ2v) is 5.75. The smallest absolute Gasteiger partial charge is 0.225 e. The molecule has 0 spiro atoms. The first-order valence-electron chi connectivity index (χ1n) is 7.32. The highest BCUT2D eigenvalue weighted by Crippen LogP contribution is 2.40. The van der Waals surface area contributed by atoms with Crippen molar-refractivity contribution in [2.75, 3.05) is 10.6 Å². The molecule has 1 heterocycles. The molecule has 1 fully saturated rings. The Kier molecular flexibility index (Phi) is 3.64. The Morgan fingerprint density at radius 3 is 2.67 bits per heavy atom. The SMILES string of the molecule is CC(C)Nc1nc(Nc2cccc(O)c2)cc(C2CC2)n1. The average Bonchev–Trinajstić information content (AvgIpc) is 3.21. The molecule has 0 radical (unpaired) electrons. The average molecular weight is 284 g/mol. The van der Waals surface area contributed by atoms with E-state index in [0.717, 1.165) is 17.2 Å². The zero-order valence-corrected chi connectivity index (χ0v) is 12.3. The van der Waals surface area contributed by atoms with Gasteiger partial charge in [0.25, 0.3) is 0 Å². The summed E-state index contributed by atoms with van der Waals surface area (Å²) in [5.74, 6) is 2.19. The van der Waals surface area contributed by atoms with E-state index >= 15 is 0 Å². The van der Waals surface area contributed by atoms with Crippen molar-refractivity contribution in [2.45, 2.75) is 38.6 Å². The number of aromatic nitrogens is 2. The Hall–Kier alpha value is -2.30. The van der Waals surface area contributed by atoms with E-state index in [1.54, 1.807) is 18.2 Å². The van der Waals surface area contributed by atoms with E-state index in [-0.39, 0.29) is 11.8 Å². The van der Waals surface area contributed by atoms with E-state index in [1.807, 2.05) is 12.1 Å². The second kappa shape index (κ2) is 5.60. The van der Waals surface area contributed by atoms with Crippen LogP contribution in [0.25, 0.3) is 0 Å². The van der Waals surface area contributed by atoms with Crippen molar-refractivity contribution in [3.8, 4) is 5.75 Å². The molecular weight excluding hydrogens is 264 g/mol. The van der Waals surface area contributed by atoms with Gasteiger partial charge in [-0.2, -0.15) is 4.98 Å². The van der Waals surface area contributed by atoms with Crippen molar-refractivity contribution < 1.29 is 5.11 Å². The number of nitrogens with zero attached hydrogens (tertiary/aromatic N) is 2. The number of phenolic OH excluding ortho intramolecular Hbond substituents is 1. The molecule has 110 valence electrons. The van der Waals surface area contributed by atoms with Crippen LogP contribution in [0.15, 0.2) is 30.3 Å². The number of hydrogen-bond donors (Lipinski definition) is 3. The molecule has 3 N–H and O–H groups in total. The van der Waals surface area contributed by atoms with E-state index in [2.05, 4.69) is 34.4 Å². The molecule has 3 rings (SSSR count). The normalized spacial score (nSPS) is 14.2. The first-order chi connectivity index (χ1) is 10.1. The molecule has 0 bridgehead atoms. The number of phenols is 1. The zero-order valence-electron chi connectivity index (χ0n) is 12.3. The number of nitrogens with one attached hydrogen (secondary N) is 2. The van der Waals surface area contributed by atoms with Gasteiger partial charge in [0.15, 0.2) is 0 Å². The Morgan fingerprint density at radius 2 is 2.00 bits per heavy atom. The van der Waals surface area contributed by atoms with Gasteiger partial charge < -0.3 is 15.7 Å². The molecule has 2 aromatic rings. The van der Waals surface area contributed by atoms with Crippen LogP contribution in [0.1, 0.15) is 38.3 Å². The van der Waals surface area contributed by atoms with Crippen LogP contribution in [-0.4, -0.2) is 21.1 Å². The predicted molar refractivity (Wildman–Crippen MR) is 84.2 cm³/mol. The highest BCUT2D eigenvalue weighted by Gasteiger charge is 2.26. The summed E-state index contributed by atoms with van der Waals surface area (Å²) in [5.41, 5.74) is 1.89. The number of aromatic hydroxyl groups is 1. The van der Waals surface area contributed by atoms with Gasteiger partial charge in [-0.3, -0.25) is 0 Å². The molecule has 0 amide bonds. The Balaban J connectivity index is 1.87. The van der Waals surface area contributed by atoms with E-state index in [1.165, 1.54) is 12.8 Å². The minimum absolute atomic E-state index is 0.233. The van der Waals surface area contributed by atoms with Crippen molar-refractivity contribution in [1.82, 2.24) is 9.97 Å². The van der Waals surface area contributed by atoms with Crippen molar-refractivity contribution in [2.24, 2.45) is 0 Å². The summed E-state index contributed by atoms with van der Waals surface area (Å²) in [7, 11) is 0. The maximum atomic E-state index is 9.53. The number of benzene rings is 1. The summed E-state index contributed by atoms with van der Waals surface area (Å²) in [5, 5.41) is 16.0. The first kappa shape index (κ1) is 13.7. The van der Waals surface area contributed by atoms with Gasteiger partial charge in [-0.1, -0.05) is 6.07 Å². The molecule has 1 saturated carbocycles. The van der Waals surface area contributed by atoms with E-state index in [9.17, 15) is 5.11 Å². The summed E-state index contributed by atoms with van der Waals surface area (Å²) >= 11 is 0. The molecule has 1 aromatic heterocycles. The van der Waals surface area contributed by atoms with Crippen LogP contribution in [0, 0.1) is 0 Å². The molecule has 5 nitrogen and oxygen atoms in total. The lowest BCUT2D eigenvalue weighted by Gasteiger charge is -2.13. The van der Waals surface area contributed by atoms with Gasteiger partial charge >= 0.3 is 0 Å². The lowest BCUT2D eigenvalue weighted by molar-refractivity contribution is 0.475. The molecule has 21 heavy (non-hydrogen) atoms. The summed E-state index contributed by atoms with van der Waals surface area (Å²) in [6.07, 6.45) is 2.40. The highest BCUT2D eigenvalue weighted by atomic mass is 16.3. The third-order valence-electron chi connectivity index (χ3n) is 3.28. The first-order valence-corrected chi connectivity index (χ1v) is 7.32. The fourth-order valence-electron chi connectivity index (χ4n) is 2.17. The van der Waals surface area contributed by atoms with Gasteiger partial charge in [0.2, 0.25) is 5.95 Å². The lowest BCUT2D eigenvalue weighted by Crippen LogP contribution is -2.14. The van der Waals surface area contributed by atoms with Gasteiger partial charge in [0, 0.05) is 29.8 Å². The Labute approximate surface area is 124 Å². The standard InChI is InChI=1S/C16H20N4O/c1-10(2)17-16-19-14(11-6-7-11)9-15(20-16)18-12-4-3-5-13(21)8-12/h3-5,8-11,21H,6-7H2,1-2H3,(H2,17,18,19,20). The summed E-state index contributed by atoms with van der Waals surface area (Å²) in [4.78, 5) is 9.08. The van der Waals surface area contributed by atoms with Gasteiger partial charge in [0.1, 0.15) is 11.6 Å². The predicted octanol–water partition coefficient (Wildman–Crippen LogP) is 3.62. The van der Waals surface area contributed by atoms with Crippen LogP contribution in [-0.2, 0) is 0 Å². The third-order valence-corrected chi connectivity index (χ3v) is 3.28. The Morgan fingerprint density at radius 1 is 1.19 bits per heavy atom. The molecule has 0 aliphatic heterocycles. The van der Waals surface area contributed by atoms with Crippen molar-refractivity contribution in [1.29, 1.82) is 0 Å². The molecule has 0 unspecified atom stereocenters. The summed E-state index contributed by atoms with van der Waals surface area (Å²) in [6.45, 7) is 4.13. The fraction of sp³-hybridized carbons (Fsp3) is 0.375. The monoisotopic (exact) mass is 284 g/mol. The minimum atomic E-state index is 0.233. The Bertz CT molecular complexity index is 638. The molecule has 1 aliphatic rings. The van der Waals surface area contributed by atoms with Gasteiger partial charge in [-0.25, -0.2) is 4.98 Å². The molecule has 0 saturated heterocycles. The number of anilines is 3. The number of hydrogen-bond acceptors (Lipinski definition) is 5. The number of rotatable bonds is 5. The highest BCUT2D eigenvalue weighted by molar-refractivity contribution is 5.59. The topological polar surface area (TPSA) is 70.1 Å². The molecule has 1 aliphatic carbocycles. The van der Waals surface area contributed by atoms with Gasteiger partial charge in [-0.15, -0.1) is 0 Å². The van der Waals surface area contributed by atoms with Crippen LogP contribution < -0.4 is 10.6 Å². The van der Waals surface area contributed by atoms with Crippen molar-refractivity contribution in [3.05, 3.63) is 36.0 Å². The lowest BCUT2D eigenvalue weighted by atomic mass is 10.2. The molecule has 1 aromatic carbocycles. The van der Waals surface area contributed by atoms with Gasteiger partial charge in [-0.05, 0) is 38.8 Å². The molecular formula is C16H20N4O. The van der Waals surface area contributed by atoms with Gasteiger partial charge in [0.05, 0.1) is 5.69 Å². The summed E-state index contributed by atoms with van der Waals surface area (Å²) in [6, 6.07) is 9.30. The van der Waals surface area contributed by atoms with Crippen LogP contribution in [0.3, 0.4) is 0 Å². The quantitative estimate of drug-likeness (QED) is 0.782. The second-order valence-electron chi connectivity index (χ2n) is 5.75. The van der Waals surface area contributed by atoms with E-state index < -0.39 is 0 Å². The maximum absolute atomic E-state index is 9.53. The van der Waals surface area contributed by atoms with Crippen LogP contribution >= 0.6 is 0 Å². The van der Waals surface area contributed by atoms with Crippen molar-refractivity contribution in [3.63, 3.8) is 0 Å². The van der Waals surface area contributed by atoms with Crippen LogP contribution in [0.4, 0.5) is 17.5 Å². The van der Waals surface area contributed by atoms with Crippen molar-refractivity contribution >= 4 is 17.5 Å². The zero-order chi connectivity index (χ0) is 14.8. The largest absolute Gasteiger partial charge is 0.508 e. The maximum Gasteiger partial charge on any atom is 0.225 e. The summed E-state index contributed by atoms with van der Waals surface area (Å²) < 4.78 is 0. The molecule has 5 heteroatoms. The van der Waals surface area contributed by atoms with E-state index in [0.29, 0.717) is 11.9 Å². The minimum Gasteiger partial charge on any atom is -0.508 e. The van der Waals surface area contributed by atoms with Crippen LogP contribution in [0.5, 0.6) is 5.75 Å². The molecule has 0 atom stereocenters. The van der Waals surface area contributed by atoms with E-state index in [4.69, 9.17) is 0 Å². The fourth-order valence-corrected chi connectivity index (χ4v) is 2.17. The third kappa shape index (κ3) is 3.62. The van der Waals surface area contributed by atoms with Crippen LogP contribution in [0.2, 0.25) is 0 Å².